The highest BCUT2D eigenvalue weighted by Gasteiger charge is 2.38. The Kier molecular flexibility index (Phi) is 8.83. The molecule has 0 saturated heterocycles. The first kappa shape index (κ1) is 30.2. The van der Waals surface area contributed by atoms with E-state index in [4.69, 9.17) is 39.5 Å². The fraction of sp³-hybridized carbons (Fsp3) is 0.0370. The number of hydrogen-bond donors (Lipinski definition) is 2. The quantitative estimate of drug-likeness (QED) is 0.220. The van der Waals surface area contributed by atoms with Crippen LogP contribution in [0.25, 0.3) is 0 Å². The van der Waals surface area contributed by atoms with Gasteiger partial charge in [-0.15, -0.1) is 0 Å². The third kappa shape index (κ3) is 7.12. The second-order valence-electron chi connectivity index (χ2n) is 8.24. The van der Waals surface area contributed by atoms with Crippen molar-refractivity contribution < 1.29 is 35.9 Å². The number of nitrogens with one attached hydrogen (secondary N) is 2. The zero-order chi connectivity index (χ0) is 29.9. The summed E-state index contributed by atoms with van der Waals surface area (Å²) < 4.78 is 73.0. The minimum atomic E-state index is -5.01. The first-order valence-corrected chi connectivity index (χ1v) is 13.9. The molecular formula is C27H16Cl3F3N2O5S. The summed E-state index contributed by atoms with van der Waals surface area (Å²) in [7, 11) is -4.53. The summed E-state index contributed by atoms with van der Waals surface area (Å²) >= 11 is 17.7. The van der Waals surface area contributed by atoms with E-state index in [0.717, 1.165) is 24.3 Å². The molecule has 14 heteroatoms. The van der Waals surface area contributed by atoms with Crippen molar-refractivity contribution in [3.8, 4) is 11.5 Å². The second-order valence-corrected chi connectivity index (χ2v) is 11.4. The van der Waals surface area contributed by atoms with Crippen LogP contribution in [0.5, 0.6) is 11.5 Å². The van der Waals surface area contributed by atoms with Crippen LogP contribution in [0.3, 0.4) is 0 Å². The van der Waals surface area contributed by atoms with Gasteiger partial charge in [0.25, 0.3) is 5.91 Å². The van der Waals surface area contributed by atoms with Gasteiger partial charge in [0.2, 0.25) is 9.84 Å². The van der Waals surface area contributed by atoms with E-state index in [0.29, 0.717) is 6.07 Å². The van der Waals surface area contributed by atoms with Crippen molar-refractivity contribution in [3.63, 3.8) is 0 Å². The van der Waals surface area contributed by atoms with Crippen molar-refractivity contribution in [2.75, 3.05) is 5.32 Å². The number of urea groups is 1. The van der Waals surface area contributed by atoms with Crippen LogP contribution in [0, 0.1) is 0 Å². The Balaban J connectivity index is 1.49. The van der Waals surface area contributed by atoms with Crippen LogP contribution < -0.4 is 15.4 Å². The Bertz CT molecular complexity index is 1710. The van der Waals surface area contributed by atoms with Crippen LogP contribution in [-0.2, 0) is 16.0 Å². The third-order valence-corrected chi connectivity index (χ3v) is 8.14. The van der Waals surface area contributed by atoms with Gasteiger partial charge in [-0.3, -0.25) is 10.1 Å². The highest BCUT2D eigenvalue weighted by Crippen LogP contribution is 2.39. The number of benzene rings is 4. The van der Waals surface area contributed by atoms with Gasteiger partial charge in [-0.25, -0.2) is 13.2 Å². The molecule has 0 radical (unpaired) electrons. The average molecular weight is 644 g/mol. The number of carbonyl (C=O) groups is 2. The van der Waals surface area contributed by atoms with Crippen LogP contribution in [0.4, 0.5) is 23.7 Å². The highest BCUT2D eigenvalue weighted by molar-refractivity contribution is 7.91. The molecule has 212 valence electrons. The van der Waals surface area contributed by atoms with Gasteiger partial charge in [-0.05, 0) is 78.9 Å². The molecule has 7 nitrogen and oxygen atoms in total. The molecule has 41 heavy (non-hydrogen) atoms. The lowest BCUT2D eigenvalue weighted by Crippen LogP contribution is -2.34. The van der Waals surface area contributed by atoms with Crippen molar-refractivity contribution in [3.05, 3.63) is 111 Å². The molecule has 3 amide bonds. The zero-order valence-corrected chi connectivity index (χ0v) is 23.4. The predicted molar refractivity (Wildman–Crippen MR) is 148 cm³/mol. The number of anilines is 1. The van der Waals surface area contributed by atoms with E-state index < -0.39 is 38.4 Å². The number of sulfone groups is 1. The molecule has 0 atom stereocenters. The fourth-order valence-electron chi connectivity index (χ4n) is 3.55. The third-order valence-electron chi connectivity index (χ3n) is 5.43. The molecule has 0 saturated carbocycles. The summed E-state index contributed by atoms with van der Waals surface area (Å²) in [5.74, 6) is -1.04. The fourth-order valence-corrected chi connectivity index (χ4v) is 5.71. The maximum atomic E-state index is 13.9. The number of imide groups is 1. The van der Waals surface area contributed by atoms with Gasteiger partial charge in [0, 0.05) is 10.7 Å². The van der Waals surface area contributed by atoms with E-state index in [1.54, 1.807) is 0 Å². The van der Waals surface area contributed by atoms with Crippen molar-refractivity contribution in [1.29, 1.82) is 0 Å². The minimum absolute atomic E-state index is 0.0496. The highest BCUT2D eigenvalue weighted by atomic mass is 35.5. The van der Waals surface area contributed by atoms with Gasteiger partial charge in [0.1, 0.15) is 11.5 Å². The Morgan fingerprint density at radius 2 is 1.37 bits per heavy atom. The largest absolute Gasteiger partial charge is 0.457 e. The van der Waals surface area contributed by atoms with Crippen molar-refractivity contribution in [2.24, 2.45) is 0 Å². The lowest BCUT2D eigenvalue weighted by Gasteiger charge is -2.16. The van der Waals surface area contributed by atoms with Gasteiger partial charge in [0.15, 0.2) is 0 Å². The van der Waals surface area contributed by atoms with Crippen molar-refractivity contribution in [1.82, 2.24) is 5.32 Å². The Labute approximate surface area is 246 Å². The molecular weight excluding hydrogens is 628 g/mol. The maximum absolute atomic E-state index is 13.9. The standard InChI is InChI=1S/C27H16Cl3F3N2O5S/c28-15-4-11-19(12-5-15)41(38,39)23-13-10-18(14-20(23)27(31,32)33)40-17-8-6-16(7-9-17)34-26(37)35-25(36)24-21(29)2-1-3-22(24)30/h1-14H,(H2,34,35,36,37). The summed E-state index contributed by atoms with van der Waals surface area (Å²) in [4.78, 5) is 23.3. The molecule has 0 aliphatic heterocycles. The lowest BCUT2D eigenvalue weighted by molar-refractivity contribution is -0.140. The number of hydrogen-bond acceptors (Lipinski definition) is 5. The number of carbonyl (C=O) groups excluding carboxylic acids is 2. The van der Waals surface area contributed by atoms with E-state index >= 15 is 0 Å². The molecule has 4 aromatic carbocycles. The number of rotatable bonds is 6. The van der Waals surface area contributed by atoms with E-state index in [-0.39, 0.29) is 42.7 Å². The summed E-state index contributed by atoms with van der Waals surface area (Å²) in [5.41, 5.74) is -1.28. The molecule has 0 spiro atoms. The molecule has 4 aromatic rings. The van der Waals surface area contributed by atoms with E-state index in [9.17, 15) is 31.2 Å². The smallest absolute Gasteiger partial charge is 0.417 e. The van der Waals surface area contributed by atoms with Gasteiger partial charge in [-0.2, -0.15) is 13.2 Å². The van der Waals surface area contributed by atoms with Crippen molar-refractivity contribution in [2.45, 2.75) is 16.0 Å². The maximum Gasteiger partial charge on any atom is 0.417 e. The van der Waals surface area contributed by atoms with Gasteiger partial charge < -0.3 is 10.1 Å². The van der Waals surface area contributed by atoms with E-state index in [2.05, 4.69) is 10.6 Å². The molecule has 2 N–H and O–H groups in total. The normalized spacial score (nSPS) is 11.6. The first-order valence-electron chi connectivity index (χ1n) is 11.3. The van der Waals surface area contributed by atoms with Crippen LogP contribution in [-0.4, -0.2) is 20.4 Å². The lowest BCUT2D eigenvalue weighted by atomic mass is 10.2. The summed E-state index contributed by atoms with van der Waals surface area (Å²) in [6, 6.07) is 16.1. The molecule has 0 bridgehead atoms. The summed E-state index contributed by atoms with van der Waals surface area (Å²) in [6.07, 6.45) is -5.01. The SMILES string of the molecule is O=C(NC(=O)c1c(Cl)cccc1Cl)Nc1ccc(Oc2ccc(S(=O)(=O)c3ccc(Cl)cc3)c(C(F)(F)F)c2)cc1. The van der Waals surface area contributed by atoms with Crippen LogP contribution in [0.15, 0.2) is 94.7 Å². The topological polar surface area (TPSA) is 102 Å². The summed E-state index contributed by atoms with van der Waals surface area (Å²) in [5, 5.41) is 4.81. The molecule has 0 aliphatic rings. The predicted octanol–water partition coefficient (Wildman–Crippen LogP) is 8.25. The van der Waals surface area contributed by atoms with Crippen molar-refractivity contribution >= 4 is 62.3 Å². The average Bonchev–Trinajstić information content (AvgIpc) is 2.89. The summed E-state index contributed by atoms with van der Waals surface area (Å²) in [6.45, 7) is 0. The molecule has 0 heterocycles. The number of ether oxygens (including phenoxy) is 1. The molecule has 0 unspecified atom stereocenters. The Morgan fingerprint density at radius 3 is 1.95 bits per heavy atom. The monoisotopic (exact) mass is 642 g/mol. The Hall–Kier alpha value is -3.77. The van der Waals surface area contributed by atoms with Crippen LogP contribution in [0.1, 0.15) is 15.9 Å². The number of halogens is 6. The molecule has 4 rings (SSSR count). The number of amides is 3. The zero-order valence-electron chi connectivity index (χ0n) is 20.3. The van der Waals surface area contributed by atoms with Gasteiger partial charge in [0.05, 0.1) is 31.0 Å². The van der Waals surface area contributed by atoms with Crippen LogP contribution >= 0.6 is 34.8 Å². The van der Waals surface area contributed by atoms with Crippen LogP contribution in [0.2, 0.25) is 15.1 Å². The van der Waals surface area contributed by atoms with E-state index in [1.807, 2.05) is 0 Å². The first-order chi connectivity index (χ1) is 19.3. The van der Waals surface area contributed by atoms with E-state index in [1.165, 1.54) is 54.6 Å². The molecule has 0 aliphatic carbocycles. The minimum Gasteiger partial charge on any atom is -0.457 e. The molecule has 0 aromatic heterocycles. The molecule has 0 fully saturated rings. The van der Waals surface area contributed by atoms with Gasteiger partial charge >= 0.3 is 12.2 Å². The Morgan fingerprint density at radius 1 is 0.780 bits per heavy atom. The number of alkyl halides is 3. The second kappa shape index (κ2) is 12.0. The van der Waals surface area contributed by atoms with Gasteiger partial charge in [-0.1, -0.05) is 40.9 Å².